The van der Waals surface area contributed by atoms with E-state index in [2.05, 4.69) is 20.7 Å². The molecule has 1 N–H and O–H groups in total. The monoisotopic (exact) mass is 363 g/mol. The maximum Gasteiger partial charge on any atom is 0.261 e. The normalized spacial score (nSPS) is 11.3. The highest BCUT2D eigenvalue weighted by Gasteiger charge is 2.15. The van der Waals surface area contributed by atoms with Crippen molar-refractivity contribution in [2.45, 2.75) is 4.90 Å². The van der Waals surface area contributed by atoms with Gasteiger partial charge in [0.05, 0.1) is 15.6 Å². The molecular weight excluding hydrogens is 357 g/mol. The third-order valence-corrected chi connectivity index (χ3v) is 4.89. The van der Waals surface area contributed by atoms with Crippen molar-refractivity contribution in [2.75, 3.05) is 4.72 Å². The molecule has 0 bridgehead atoms. The minimum atomic E-state index is -3.79. The summed E-state index contributed by atoms with van der Waals surface area (Å²) in [6.07, 6.45) is 0. The predicted molar refractivity (Wildman–Crippen MR) is 76.4 cm³/mol. The van der Waals surface area contributed by atoms with Gasteiger partial charge in [0.2, 0.25) is 0 Å². The molecule has 100 valence electrons. The molecule has 0 saturated carbocycles. The average Bonchev–Trinajstić information content (AvgIpc) is 2.32. The molecule has 0 fully saturated rings. The van der Waals surface area contributed by atoms with Crippen LogP contribution < -0.4 is 4.72 Å². The van der Waals surface area contributed by atoms with Crippen LogP contribution in [-0.2, 0) is 10.0 Å². The van der Waals surface area contributed by atoms with Crippen LogP contribution in [0.5, 0.6) is 0 Å². The molecule has 0 heterocycles. The minimum Gasteiger partial charge on any atom is -0.280 e. The fourth-order valence-electron chi connectivity index (χ4n) is 1.41. The van der Waals surface area contributed by atoms with E-state index in [1.807, 2.05) is 0 Å². The maximum atomic E-state index is 13.0. The van der Waals surface area contributed by atoms with Crippen molar-refractivity contribution in [1.29, 1.82) is 0 Å². The van der Waals surface area contributed by atoms with Gasteiger partial charge in [-0.2, -0.15) is 0 Å². The molecule has 7 heteroatoms. The van der Waals surface area contributed by atoms with Gasteiger partial charge in [0.25, 0.3) is 10.0 Å². The summed E-state index contributed by atoms with van der Waals surface area (Å²) in [4.78, 5) is 0.00459. The Bertz CT molecular complexity index is 721. The van der Waals surface area contributed by atoms with Crippen molar-refractivity contribution in [3.8, 4) is 0 Å². The molecule has 0 aliphatic rings. The van der Waals surface area contributed by atoms with Crippen LogP contribution in [0.4, 0.5) is 10.1 Å². The van der Waals surface area contributed by atoms with E-state index in [-0.39, 0.29) is 15.6 Å². The van der Waals surface area contributed by atoms with Gasteiger partial charge in [-0.3, -0.25) is 4.72 Å². The van der Waals surface area contributed by atoms with Gasteiger partial charge in [-0.05, 0) is 52.3 Å². The predicted octanol–water partition coefficient (Wildman–Crippen LogP) is 4.04. The minimum absolute atomic E-state index is 0.00459. The third-order valence-electron chi connectivity index (χ3n) is 2.28. The number of rotatable bonds is 3. The number of benzene rings is 2. The van der Waals surface area contributed by atoms with Crippen LogP contribution in [0.2, 0.25) is 5.02 Å². The molecule has 0 saturated heterocycles. The van der Waals surface area contributed by atoms with E-state index in [9.17, 15) is 12.8 Å². The first-order valence-electron chi connectivity index (χ1n) is 5.12. The number of halogens is 3. The lowest BCUT2D eigenvalue weighted by atomic mass is 10.3. The number of nitrogens with one attached hydrogen (secondary N) is 1. The van der Waals surface area contributed by atoms with Crippen LogP contribution in [0.25, 0.3) is 0 Å². The van der Waals surface area contributed by atoms with Gasteiger partial charge in [-0.1, -0.05) is 17.7 Å². The van der Waals surface area contributed by atoms with E-state index < -0.39 is 15.8 Å². The largest absolute Gasteiger partial charge is 0.280 e. The summed E-state index contributed by atoms with van der Waals surface area (Å²) in [5.41, 5.74) is 0.152. The summed E-state index contributed by atoms with van der Waals surface area (Å²) in [7, 11) is -3.79. The van der Waals surface area contributed by atoms with Gasteiger partial charge in [0.15, 0.2) is 0 Å². The van der Waals surface area contributed by atoms with E-state index in [4.69, 9.17) is 11.6 Å². The van der Waals surface area contributed by atoms with E-state index in [0.29, 0.717) is 4.47 Å². The maximum absolute atomic E-state index is 13.0. The van der Waals surface area contributed by atoms with Crippen LogP contribution in [0.3, 0.4) is 0 Å². The summed E-state index contributed by atoms with van der Waals surface area (Å²) in [6.45, 7) is 0. The van der Waals surface area contributed by atoms with Gasteiger partial charge in [0.1, 0.15) is 5.82 Å². The van der Waals surface area contributed by atoms with Crippen molar-refractivity contribution in [1.82, 2.24) is 0 Å². The van der Waals surface area contributed by atoms with E-state index in [1.165, 1.54) is 36.4 Å². The average molecular weight is 365 g/mol. The zero-order chi connectivity index (χ0) is 14.0. The molecule has 0 aliphatic carbocycles. The number of hydrogen-bond acceptors (Lipinski definition) is 2. The van der Waals surface area contributed by atoms with Crippen molar-refractivity contribution in [2.24, 2.45) is 0 Å². The van der Waals surface area contributed by atoms with E-state index in [0.717, 1.165) is 6.07 Å². The van der Waals surface area contributed by atoms with Gasteiger partial charge in [0, 0.05) is 4.47 Å². The van der Waals surface area contributed by atoms with Crippen molar-refractivity contribution in [3.05, 3.63) is 57.8 Å². The standard InChI is InChI=1S/C12H8BrClFNO2S/c13-11-5-4-10(7-12(11)14)19(17,18)16-9-3-1-2-8(15)6-9/h1-7,16H. The van der Waals surface area contributed by atoms with Crippen molar-refractivity contribution >= 4 is 43.2 Å². The number of anilines is 1. The van der Waals surface area contributed by atoms with Crippen LogP contribution in [0, 0.1) is 5.82 Å². The second-order valence-electron chi connectivity index (χ2n) is 3.69. The number of hydrogen-bond donors (Lipinski definition) is 1. The van der Waals surface area contributed by atoms with Crippen LogP contribution in [0.15, 0.2) is 51.8 Å². The molecule has 0 unspecified atom stereocenters. The van der Waals surface area contributed by atoms with Crippen LogP contribution in [-0.4, -0.2) is 8.42 Å². The Kier molecular flexibility index (Phi) is 4.13. The second kappa shape index (κ2) is 5.48. The first-order chi connectivity index (χ1) is 8.88. The lowest BCUT2D eigenvalue weighted by molar-refractivity contribution is 0.601. The van der Waals surface area contributed by atoms with E-state index >= 15 is 0 Å². The zero-order valence-corrected chi connectivity index (χ0v) is 12.6. The smallest absolute Gasteiger partial charge is 0.261 e. The molecule has 0 amide bonds. The van der Waals surface area contributed by atoms with E-state index in [1.54, 1.807) is 0 Å². The van der Waals surface area contributed by atoms with Crippen LogP contribution in [0.1, 0.15) is 0 Å². The Balaban J connectivity index is 2.35. The molecule has 0 aliphatic heterocycles. The Morgan fingerprint density at radius 3 is 2.53 bits per heavy atom. The lowest BCUT2D eigenvalue weighted by Gasteiger charge is -2.08. The Hall–Kier alpha value is -1.11. The summed E-state index contributed by atoms with van der Waals surface area (Å²) in [6, 6.07) is 9.45. The Labute approximate surface area is 123 Å². The summed E-state index contributed by atoms with van der Waals surface area (Å²) < 4.78 is 40.0. The Morgan fingerprint density at radius 2 is 1.89 bits per heavy atom. The molecule has 19 heavy (non-hydrogen) atoms. The number of sulfonamides is 1. The van der Waals surface area contributed by atoms with Gasteiger partial charge < -0.3 is 0 Å². The highest BCUT2D eigenvalue weighted by atomic mass is 79.9. The summed E-state index contributed by atoms with van der Waals surface area (Å²) >= 11 is 9.02. The SMILES string of the molecule is O=S(=O)(Nc1cccc(F)c1)c1ccc(Br)c(Cl)c1. The molecule has 2 aromatic carbocycles. The molecule has 0 spiro atoms. The van der Waals surface area contributed by atoms with Gasteiger partial charge in [-0.15, -0.1) is 0 Å². The highest BCUT2D eigenvalue weighted by molar-refractivity contribution is 9.10. The third kappa shape index (κ3) is 3.46. The fourth-order valence-corrected chi connectivity index (χ4v) is 2.98. The molecule has 0 aromatic heterocycles. The zero-order valence-electron chi connectivity index (χ0n) is 9.40. The lowest BCUT2D eigenvalue weighted by Crippen LogP contribution is -2.13. The molecule has 0 atom stereocenters. The molecule has 2 aromatic rings. The molecule has 2 rings (SSSR count). The topological polar surface area (TPSA) is 46.2 Å². The molecule has 0 radical (unpaired) electrons. The highest BCUT2D eigenvalue weighted by Crippen LogP contribution is 2.26. The van der Waals surface area contributed by atoms with Gasteiger partial charge in [-0.25, -0.2) is 12.8 Å². The fraction of sp³-hybridized carbons (Fsp3) is 0. The van der Waals surface area contributed by atoms with Crippen LogP contribution >= 0.6 is 27.5 Å². The molecule has 3 nitrogen and oxygen atoms in total. The second-order valence-corrected chi connectivity index (χ2v) is 6.64. The van der Waals surface area contributed by atoms with Crippen molar-refractivity contribution in [3.63, 3.8) is 0 Å². The first-order valence-corrected chi connectivity index (χ1v) is 7.77. The van der Waals surface area contributed by atoms with Gasteiger partial charge >= 0.3 is 0 Å². The van der Waals surface area contributed by atoms with Crippen molar-refractivity contribution < 1.29 is 12.8 Å². The quantitative estimate of drug-likeness (QED) is 0.893. The Morgan fingerprint density at radius 1 is 1.16 bits per heavy atom. The summed E-state index contributed by atoms with van der Waals surface area (Å²) in [5.74, 6) is -0.519. The summed E-state index contributed by atoms with van der Waals surface area (Å²) in [5, 5.41) is 0.280. The molecular formula is C12H8BrClFNO2S. The first kappa shape index (κ1) is 14.3.